The summed E-state index contributed by atoms with van der Waals surface area (Å²) in [5.74, 6) is 2.00. The lowest BCUT2D eigenvalue weighted by Crippen LogP contribution is -2.30. The zero-order chi connectivity index (χ0) is 17.2. The van der Waals surface area contributed by atoms with Crippen LogP contribution in [0.25, 0.3) is 0 Å². The van der Waals surface area contributed by atoms with Crippen molar-refractivity contribution in [3.8, 4) is 0 Å². The van der Waals surface area contributed by atoms with Gasteiger partial charge in [0, 0.05) is 0 Å². The number of esters is 1. The molecule has 1 aromatic carbocycles. The molecule has 4 rings (SSSR count). The zero-order valence-corrected chi connectivity index (χ0v) is 14.7. The molecule has 1 heterocycles. The highest BCUT2D eigenvalue weighted by atomic mass is 16.5. The summed E-state index contributed by atoms with van der Waals surface area (Å²) in [7, 11) is 0. The normalized spacial score (nSPS) is 18.3. The van der Waals surface area contributed by atoms with Gasteiger partial charge in [-0.05, 0) is 55.9 Å². The highest BCUT2D eigenvalue weighted by Crippen LogP contribution is 2.54. The number of hydrogen-bond donors (Lipinski definition) is 0. The number of rotatable bonds is 8. The summed E-state index contributed by atoms with van der Waals surface area (Å²) in [6.07, 6.45) is 6.48. The van der Waals surface area contributed by atoms with Crippen LogP contribution in [0, 0.1) is 17.8 Å². The van der Waals surface area contributed by atoms with Crippen molar-refractivity contribution < 1.29 is 9.53 Å². The minimum absolute atomic E-state index is 0.131. The number of nitrogens with zero attached hydrogens (tertiary/aromatic N) is 3. The Bertz CT molecular complexity index is 708. The minimum Gasteiger partial charge on any atom is -0.465 e. The Labute approximate surface area is 148 Å². The van der Waals surface area contributed by atoms with Crippen LogP contribution in [-0.4, -0.2) is 27.3 Å². The second kappa shape index (κ2) is 6.98. The molecule has 0 N–H and O–H groups in total. The zero-order valence-electron chi connectivity index (χ0n) is 14.7. The van der Waals surface area contributed by atoms with Crippen molar-refractivity contribution in [1.29, 1.82) is 0 Å². The first kappa shape index (κ1) is 16.3. The maximum Gasteiger partial charge on any atom is 0.316 e. The molecule has 0 bridgehead atoms. The van der Waals surface area contributed by atoms with E-state index in [4.69, 9.17) is 4.74 Å². The maximum absolute atomic E-state index is 12.8. The van der Waals surface area contributed by atoms with Gasteiger partial charge in [-0.2, -0.15) is 5.10 Å². The molecule has 0 amide bonds. The van der Waals surface area contributed by atoms with Crippen molar-refractivity contribution in [2.75, 3.05) is 6.61 Å². The molecule has 0 aliphatic heterocycles. The van der Waals surface area contributed by atoms with Crippen LogP contribution >= 0.6 is 0 Å². The number of hydrogen-bond acceptors (Lipinski definition) is 4. The van der Waals surface area contributed by atoms with Crippen LogP contribution in [0.15, 0.2) is 36.7 Å². The van der Waals surface area contributed by atoms with Gasteiger partial charge in [0.15, 0.2) is 0 Å². The quantitative estimate of drug-likeness (QED) is 0.692. The summed E-state index contributed by atoms with van der Waals surface area (Å²) in [5.41, 5.74) is 1.16. The van der Waals surface area contributed by atoms with Crippen LogP contribution in [0.4, 0.5) is 0 Å². The topological polar surface area (TPSA) is 57.0 Å². The van der Waals surface area contributed by atoms with Crippen LogP contribution in [0.1, 0.15) is 49.9 Å². The van der Waals surface area contributed by atoms with Crippen molar-refractivity contribution in [1.82, 2.24) is 14.8 Å². The molecule has 2 aromatic rings. The van der Waals surface area contributed by atoms with Gasteiger partial charge in [0.05, 0.1) is 13.2 Å². The predicted molar refractivity (Wildman–Crippen MR) is 93.9 cm³/mol. The van der Waals surface area contributed by atoms with Crippen molar-refractivity contribution in [2.45, 2.75) is 45.1 Å². The summed E-state index contributed by atoms with van der Waals surface area (Å²) in [5, 5.41) is 4.41. The predicted octanol–water partition coefficient (Wildman–Crippen LogP) is 3.41. The van der Waals surface area contributed by atoms with Gasteiger partial charge in [-0.3, -0.25) is 4.79 Å². The molecule has 1 atom stereocenters. The molecule has 25 heavy (non-hydrogen) atoms. The average Bonchev–Trinajstić information content (AvgIpc) is 3.54. The molecule has 2 aliphatic rings. The Hall–Kier alpha value is -2.17. The standard InChI is InChI=1S/C20H25N3O2/c1-2-25-20(24)18(17(15-8-9-15)16-10-11-16)19-21-13-22-23(19)12-14-6-4-3-5-7-14/h3-7,13,15-18H,2,8-12H2,1H3. The van der Waals surface area contributed by atoms with Gasteiger partial charge >= 0.3 is 5.97 Å². The first-order valence-corrected chi connectivity index (χ1v) is 9.36. The maximum atomic E-state index is 12.8. The summed E-state index contributed by atoms with van der Waals surface area (Å²) in [6, 6.07) is 10.2. The monoisotopic (exact) mass is 339 g/mol. The fourth-order valence-corrected chi connectivity index (χ4v) is 3.95. The SMILES string of the molecule is CCOC(=O)C(c1ncnn1Cc1ccccc1)C(C1CC1)C1CC1. The molecule has 0 saturated heterocycles. The summed E-state index contributed by atoms with van der Waals surface area (Å²) < 4.78 is 7.33. The third-order valence-corrected chi connectivity index (χ3v) is 5.36. The number of aromatic nitrogens is 3. The number of carbonyl (C=O) groups excluding carboxylic acids is 1. The largest absolute Gasteiger partial charge is 0.465 e. The van der Waals surface area contributed by atoms with E-state index in [0.29, 0.717) is 30.9 Å². The van der Waals surface area contributed by atoms with Crippen molar-refractivity contribution in [3.05, 3.63) is 48.0 Å². The fraction of sp³-hybridized carbons (Fsp3) is 0.550. The second-order valence-electron chi connectivity index (χ2n) is 7.24. The van der Waals surface area contributed by atoms with Gasteiger partial charge in [0.2, 0.25) is 0 Å². The lowest BCUT2D eigenvalue weighted by molar-refractivity contribution is -0.147. The number of benzene rings is 1. The van der Waals surface area contributed by atoms with Crippen LogP contribution in [-0.2, 0) is 16.1 Å². The van der Waals surface area contributed by atoms with Gasteiger partial charge in [-0.15, -0.1) is 0 Å². The molecular weight excluding hydrogens is 314 g/mol. The van der Waals surface area contributed by atoms with Gasteiger partial charge in [-0.25, -0.2) is 9.67 Å². The summed E-state index contributed by atoms with van der Waals surface area (Å²) in [4.78, 5) is 17.4. The molecule has 1 aromatic heterocycles. The Balaban J connectivity index is 1.65. The molecule has 132 valence electrons. The lowest BCUT2D eigenvalue weighted by Gasteiger charge is -2.25. The van der Waals surface area contributed by atoms with E-state index in [0.717, 1.165) is 11.4 Å². The Morgan fingerprint density at radius 2 is 1.88 bits per heavy atom. The summed E-state index contributed by atoms with van der Waals surface area (Å²) in [6.45, 7) is 2.91. The molecular formula is C20H25N3O2. The highest BCUT2D eigenvalue weighted by Gasteiger charge is 2.50. The summed E-state index contributed by atoms with van der Waals surface area (Å²) >= 11 is 0. The van der Waals surface area contributed by atoms with Crippen molar-refractivity contribution >= 4 is 5.97 Å². The Morgan fingerprint density at radius 3 is 2.48 bits per heavy atom. The van der Waals surface area contributed by atoms with E-state index >= 15 is 0 Å². The molecule has 5 nitrogen and oxygen atoms in total. The van der Waals surface area contributed by atoms with E-state index in [-0.39, 0.29) is 11.9 Å². The second-order valence-corrected chi connectivity index (χ2v) is 7.24. The van der Waals surface area contributed by atoms with Crippen LogP contribution in [0.2, 0.25) is 0 Å². The van der Waals surface area contributed by atoms with E-state index in [2.05, 4.69) is 22.2 Å². The first-order valence-electron chi connectivity index (χ1n) is 9.36. The third kappa shape index (κ3) is 3.60. The van der Waals surface area contributed by atoms with Crippen LogP contribution < -0.4 is 0 Å². The van der Waals surface area contributed by atoms with E-state index in [1.54, 1.807) is 6.33 Å². The van der Waals surface area contributed by atoms with Gasteiger partial charge < -0.3 is 4.74 Å². The molecule has 0 spiro atoms. The van der Waals surface area contributed by atoms with Crippen LogP contribution in [0.5, 0.6) is 0 Å². The third-order valence-electron chi connectivity index (χ3n) is 5.36. The minimum atomic E-state index is -0.286. The average molecular weight is 339 g/mol. The van der Waals surface area contributed by atoms with Crippen LogP contribution in [0.3, 0.4) is 0 Å². The molecule has 1 unspecified atom stereocenters. The van der Waals surface area contributed by atoms with E-state index in [1.165, 1.54) is 25.7 Å². The fourth-order valence-electron chi connectivity index (χ4n) is 3.95. The van der Waals surface area contributed by atoms with Crippen molar-refractivity contribution in [2.24, 2.45) is 17.8 Å². The molecule has 0 radical (unpaired) electrons. The van der Waals surface area contributed by atoms with E-state index < -0.39 is 0 Å². The molecule has 2 saturated carbocycles. The molecule has 2 fully saturated rings. The van der Waals surface area contributed by atoms with Crippen molar-refractivity contribution in [3.63, 3.8) is 0 Å². The number of ether oxygens (including phenoxy) is 1. The van der Waals surface area contributed by atoms with Gasteiger partial charge in [-0.1, -0.05) is 30.3 Å². The number of carbonyl (C=O) groups is 1. The van der Waals surface area contributed by atoms with E-state index in [9.17, 15) is 4.79 Å². The Morgan fingerprint density at radius 1 is 1.20 bits per heavy atom. The highest BCUT2D eigenvalue weighted by molar-refractivity contribution is 5.77. The van der Waals surface area contributed by atoms with Gasteiger partial charge in [0.25, 0.3) is 0 Å². The van der Waals surface area contributed by atoms with Gasteiger partial charge in [0.1, 0.15) is 18.1 Å². The molecule has 2 aliphatic carbocycles. The first-order chi connectivity index (χ1) is 12.3. The lowest BCUT2D eigenvalue weighted by atomic mass is 9.83. The molecule has 5 heteroatoms. The Kier molecular flexibility index (Phi) is 4.55. The smallest absolute Gasteiger partial charge is 0.316 e. The van der Waals surface area contributed by atoms with E-state index in [1.807, 2.05) is 29.8 Å².